The third kappa shape index (κ3) is 4.01. The first kappa shape index (κ1) is 15.0. The molecule has 3 heteroatoms. The van der Waals surface area contributed by atoms with E-state index in [1.165, 1.54) is 0 Å². The Labute approximate surface area is 133 Å². The van der Waals surface area contributed by atoms with Crippen LogP contribution in [0, 0.1) is 18.4 Å². The minimum Gasteiger partial charge on any atom is -0.481 e. The molecule has 89 valence electrons. The molecule has 1 radical (unpaired) electrons. The monoisotopic (exact) mass is 313 g/mol. The van der Waals surface area contributed by atoms with Gasteiger partial charge in [0.2, 0.25) is 0 Å². The zero-order chi connectivity index (χ0) is 12.1. The number of benzene rings is 1. The number of hydrogen-bond donors (Lipinski definition) is 1. The summed E-state index contributed by atoms with van der Waals surface area (Å²) in [5, 5.41) is 3.23. The van der Waals surface area contributed by atoms with E-state index in [-0.39, 0.29) is 32.7 Å². The van der Waals surface area contributed by atoms with Crippen LogP contribution in [0.2, 0.25) is 0 Å². The van der Waals surface area contributed by atoms with Gasteiger partial charge in [-0.2, -0.15) is 5.56 Å². The largest absolute Gasteiger partial charge is 0.481 e. The molecule has 0 aromatic heterocycles. The predicted molar refractivity (Wildman–Crippen MR) is 68.9 cm³/mol. The molecule has 1 N–H and O–H groups in total. The van der Waals surface area contributed by atoms with Gasteiger partial charge in [0.05, 0.1) is 0 Å². The maximum absolute atomic E-state index is 5.31. The van der Waals surface area contributed by atoms with Crippen molar-refractivity contribution in [3.63, 3.8) is 0 Å². The molecular formula is C15H14NOY-. The zero-order valence-electron chi connectivity index (χ0n) is 10.2. The molecule has 0 saturated heterocycles. The van der Waals surface area contributed by atoms with Crippen molar-refractivity contribution in [3.05, 3.63) is 48.2 Å². The molecule has 1 aromatic rings. The predicted octanol–water partition coefficient (Wildman–Crippen LogP) is 2.74. The molecule has 0 amide bonds. The molecular weight excluding hydrogens is 299 g/mol. The van der Waals surface area contributed by atoms with Crippen LogP contribution in [0.25, 0.3) is 5.70 Å². The molecule has 0 atom stereocenters. The van der Waals surface area contributed by atoms with E-state index in [2.05, 4.69) is 23.9 Å². The van der Waals surface area contributed by atoms with Crippen molar-refractivity contribution >= 4 is 5.70 Å². The summed E-state index contributed by atoms with van der Waals surface area (Å²) in [5.74, 6) is 3.22. The van der Waals surface area contributed by atoms with Gasteiger partial charge < -0.3 is 10.1 Å². The van der Waals surface area contributed by atoms with Crippen LogP contribution >= 0.6 is 0 Å². The van der Waals surface area contributed by atoms with Crippen LogP contribution in [-0.2, 0) is 32.7 Å². The standard InChI is InChI=1S/C15H14NO.Y/c1-3-11-17-14-9-7-13(8-10-14)15-6-4-5-12(2)16-15;/h1,7-10,16H,2,4-5,11H2;/q-1;. The molecule has 0 saturated carbocycles. The van der Waals surface area contributed by atoms with E-state index in [4.69, 9.17) is 11.2 Å². The van der Waals surface area contributed by atoms with Gasteiger partial charge in [-0.25, -0.2) is 6.08 Å². The number of rotatable bonds is 3. The molecule has 0 bridgehead atoms. The topological polar surface area (TPSA) is 21.3 Å². The number of ether oxygens (including phenoxy) is 1. The first-order valence-electron chi connectivity index (χ1n) is 5.52. The fourth-order valence-electron chi connectivity index (χ4n) is 1.64. The van der Waals surface area contributed by atoms with Gasteiger partial charge in [-0.15, -0.1) is 30.7 Å². The second kappa shape index (κ2) is 7.41. The minimum atomic E-state index is 0. The van der Waals surface area contributed by atoms with Gasteiger partial charge in [0.15, 0.2) is 0 Å². The van der Waals surface area contributed by atoms with E-state index in [0.717, 1.165) is 35.5 Å². The molecule has 1 heterocycles. The molecule has 0 fully saturated rings. The number of hydrogen-bond acceptors (Lipinski definition) is 2. The molecule has 2 nitrogen and oxygen atoms in total. The Hall–Kier alpha value is -1.04. The molecule has 18 heavy (non-hydrogen) atoms. The van der Waals surface area contributed by atoms with Gasteiger partial charge in [0.25, 0.3) is 0 Å². The fourth-order valence-corrected chi connectivity index (χ4v) is 1.64. The molecule has 1 aliphatic heterocycles. The van der Waals surface area contributed by atoms with Crippen molar-refractivity contribution in [3.8, 4) is 18.1 Å². The van der Waals surface area contributed by atoms with Crippen molar-refractivity contribution < 1.29 is 37.4 Å². The first-order valence-corrected chi connectivity index (χ1v) is 5.52. The van der Waals surface area contributed by atoms with Crippen LogP contribution in [0.4, 0.5) is 0 Å². The number of nitrogens with one attached hydrogen (secondary N) is 1. The third-order valence-electron chi connectivity index (χ3n) is 2.50. The Balaban J connectivity index is 0.00000162. The van der Waals surface area contributed by atoms with Crippen LogP contribution in [0.3, 0.4) is 0 Å². The smallest absolute Gasteiger partial charge is 0.148 e. The fraction of sp³-hybridized carbons (Fsp3) is 0.200. The maximum atomic E-state index is 5.31. The molecule has 1 aliphatic rings. The van der Waals surface area contributed by atoms with Gasteiger partial charge >= 0.3 is 0 Å². The van der Waals surface area contributed by atoms with E-state index < -0.39 is 0 Å². The van der Waals surface area contributed by atoms with Crippen molar-refractivity contribution in [2.24, 2.45) is 0 Å². The molecule has 0 aliphatic carbocycles. The van der Waals surface area contributed by atoms with Crippen LogP contribution in [0.5, 0.6) is 5.75 Å². The van der Waals surface area contributed by atoms with E-state index in [9.17, 15) is 0 Å². The molecule has 0 unspecified atom stereocenters. The van der Waals surface area contributed by atoms with Crippen LogP contribution in [0.15, 0.2) is 36.5 Å². The second-order valence-corrected chi connectivity index (χ2v) is 3.80. The molecule has 1 aromatic carbocycles. The second-order valence-electron chi connectivity index (χ2n) is 3.80. The van der Waals surface area contributed by atoms with Crippen molar-refractivity contribution in [2.75, 3.05) is 6.61 Å². The normalized spacial score (nSPS) is 13.7. The van der Waals surface area contributed by atoms with Crippen molar-refractivity contribution in [2.45, 2.75) is 12.8 Å². The summed E-state index contributed by atoms with van der Waals surface area (Å²) in [7, 11) is 0. The zero-order valence-corrected chi connectivity index (χ0v) is 13.0. The summed E-state index contributed by atoms with van der Waals surface area (Å²) in [6.07, 6.45) is 10.3. The first-order chi connectivity index (χ1) is 8.29. The van der Waals surface area contributed by atoms with Gasteiger partial charge in [0.1, 0.15) is 12.4 Å². The van der Waals surface area contributed by atoms with E-state index in [1.807, 2.05) is 24.3 Å². The number of terminal acetylenes is 1. The Morgan fingerprint density at radius 1 is 1.39 bits per heavy atom. The van der Waals surface area contributed by atoms with Crippen molar-refractivity contribution in [1.29, 1.82) is 0 Å². The average molecular weight is 313 g/mol. The minimum absolute atomic E-state index is 0. The maximum Gasteiger partial charge on any atom is 0.148 e. The Kier molecular flexibility index (Phi) is 6.18. The summed E-state index contributed by atoms with van der Waals surface area (Å²) in [5.41, 5.74) is 3.11. The Bertz CT molecular complexity index is 482. The van der Waals surface area contributed by atoms with Gasteiger partial charge in [-0.05, 0) is 18.6 Å². The average Bonchev–Trinajstić information content (AvgIpc) is 2.37. The Morgan fingerprint density at radius 2 is 2.11 bits per heavy atom. The SMILES string of the molecule is C#CCOc1ccc(C2=[C-]CCC(=C)N2)cc1.[Y]. The summed E-state index contributed by atoms with van der Waals surface area (Å²) in [6.45, 7) is 4.22. The van der Waals surface area contributed by atoms with E-state index in [1.54, 1.807) is 0 Å². The van der Waals surface area contributed by atoms with E-state index in [0.29, 0.717) is 6.61 Å². The van der Waals surface area contributed by atoms with Crippen LogP contribution < -0.4 is 10.1 Å². The van der Waals surface area contributed by atoms with Gasteiger partial charge in [-0.3, -0.25) is 0 Å². The summed E-state index contributed by atoms with van der Waals surface area (Å²) < 4.78 is 5.31. The van der Waals surface area contributed by atoms with Crippen molar-refractivity contribution in [1.82, 2.24) is 5.32 Å². The van der Waals surface area contributed by atoms with Crippen LogP contribution in [0.1, 0.15) is 18.4 Å². The Morgan fingerprint density at radius 3 is 2.72 bits per heavy atom. The number of allylic oxidation sites excluding steroid dienone is 2. The third-order valence-corrected chi connectivity index (χ3v) is 2.50. The molecule has 0 spiro atoms. The van der Waals surface area contributed by atoms with E-state index >= 15 is 0 Å². The van der Waals surface area contributed by atoms with Gasteiger partial charge in [0, 0.05) is 38.4 Å². The summed E-state index contributed by atoms with van der Waals surface area (Å²) >= 11 is 0. The summed E-state index contributed by atoms with van der Waals surface area (Å²) in [4.78, 5) is 0. The van der Waals surface area contributed by atoms with Crippen LogP contribution in [-0.4, -0.2) is 6.61 Å². The quantitative estimate of drug-likeness (QED) is 0.684. The van der Waals surface area contributed by atoms with Gasteiger partial charge in [-0.1, -0.05) is 12.5 Å². The summed E-state index contributed by atoms with van der Waals surface area (Å²) in [6, 6.07) is 7.78. The molecule has 2 rings (SSSR count).